The lowest BCUT2D eigenvalue weighted by Gasteiger charge is -2.56. The molecule has 1 aromatic carbocycles. The molecule has 7 heteroatoms. The topological polar surface area (TPSA) is 53.4 Å². The van der Waals surface area contributed by atoms with E-state index in [-0.39, 0.29) is 16.9 Å². The molecule has 5 rings (SSSR count). The number of fused-ring (bicyclic) bond motifs is 2. The van der Waals surface area contributed by atoms with Gasteiger partial charge < -0.3 is 18.5 Å². The van der Waals surface area contributed by atoms with E-state index in [1.54, 1.807) is 29.0 Å². The Morgan fingerprint density at radius 1 is 1.09 bits per heavy atom. The van der Waals surface area contributed by atoms with Crippen LogP contribution in [-0.4, -0.2) is 51.9 Å². The van der Waals surface area contributed by atoms with Crippen LogP contribution in [0.25, 0.3) is 10.9 Å². The third kappa shape index (κ3) is 4.54. The van der Waals surface area contributed by atoms with Crippen LogP contribution in [0.2, 0.25) is 0 Å². The van der Waals surface area contributed by atoms with Crippen LogP contribution >= 0.6 is 0 Å². The van der Waals surface area contributed by atoms with Crippen LogP contribution in [0.15, 0.2) is 47.4 Å². The minimum absolute atomic E-state index is 0.0294. The smallest absolute Gasteiger partial charge is 0.251 e. The average molecular weight is 481 g/mol. The Morgan fingerprint density at radius 2 is 1.86 bits per heavy atom. The van der Waals surface area contributed by atoms with Gasteiger partial charge in [0.05, 0.1) is 48.6 Å². The van der Waals surface area contributed by atoms with Crippen molar-refractivity contribution in [1.82, 2.24) is 9.55 Å². The molecule has 35 heavy (non-hydrogen) atoms. The van der Waals surface area contributed by atoms with Crippen molar-refractivity contribution in [2.75, 3.05) is 26.3 Å². The van der Waals surface area contributed by atoms with Gasteiger partial charge in [-0.3, -0.25) is 9.78 Å². The molecular weight excluding hydrogens is 445 g/mol. The van der Waals surface area contributed by atoms with Crippen molar-refractivity contribution in [3.05, 3.63) is 64.5 Å². The van der Waals surface area contributed by atoms with Crippen LogP contribution in [0.3, 0.4) is 0 Å². The van der Waals surface area contributed by atoms with E-state index >= 15 is 0 Å². The number of ether oxygens (including phenoxy) is 2. The molecule has 6 nitrogen and oxygen atoms in total. The number of likely N-dealkylation sites (tertiary alicyclic amines) is 1. The molecule has 0 radical (unpaired) electrons. The SMILES string of the molecule is CC(C)(C)[N+]1(CCn2c(=O)ccc3ccc(F)cc32)CCCCC1Cc1cc2c(cn1)OCCO2. The summed E-state index contributed by atoms with van der Waals surface area (Å²) in [5, 5.41) is 0.879. The summed E-state index contributed by atoms with van der Waals surface area (Å²) in [7, 11) is 0. The van der Waals surface area contributed by atoms with Gasteiger partial charge in [0.15, 0.2) is 11.5 Å². The number of quaternary nitrogens is 1. The average Bonchev–Trinajstić information content (AvgIpc) is 2.83. The van der Waals surface area contributed by atoms with Crippen LogP contribution in [-0.2, 0) is 13.0 Å². The summed E-state index contributed by atoms with van der Waals surface area (Å²) in [4.78, 5) is 17.6. The zero-order chi connectivity index (χ0) is 24.6. The second kappa shape index (κ2) is 9.26. The summed E-state index contributed by atoms with van der Waals surface area (Å²) in [6.45, 7) is 10.4. The number of halogens is 1. The van der Waals surface area contributed by atoms with E-state index in [0.717, 1.165) is 53.7 Å². The van der Waals surface area contributed by atoms with Crippen molar-refractivity contribution in [2.24, 2.45) is 0 Å². The van der Waals surface area contributed by atoms with Gasteiger partial charge >= 0.3 is 0 Å². The van der Waals surface area contributed by atoms with E-state index in [2.05, 4.69) is 20.8 Å². The Bertz CT molecular complexity index is 1280. The van der Waals surface area contributed by atoms with E-state index in [1.807, 2.05) is 6.07 Å². The first kappa shape index (κ1) is 23.8. The maximum atomic E-state index is 14.1. The number of pyridine rings is 2. The number of hydrogen-bond donors (Lipinski definition) is 0. The molecule has 2 unspecified atom stereocenters. The Kier molecular flexibility index (Phi) is 6.30. The van der Waals surface area contributed by atoms with E-state index < -0.39 is 0 Å². The van der Waals surface area contributed by atoms with Crippen molar-refractivity contribution >= 4 is 10.9 Å². The molecule has 0 saturated carbocycles. The molecular formula is C28H35FN3O3+. The van der Waals surface area contributed by atoms with Crippen LogP contribution < -0.4 is 15.0 Å². The molecule has 2 aromatic heterocycles. The van der Waals surface area contributed by atoms with Gasteiger partial charge in [-0.15, -0.1) is 0 Å². The normalized spacial score (nSPS) is 22.3. The number of benzene rings is 1. The molecule has 1 saturated heterocycles. The molecule has 186 valence electrons. The fourth-order valence-electron chi connectivity index (χ4n) is 6.11. The van der Waals surface area contributed by atoms with Crippen LogP contribution in [0.5, 0.6) is 11.5 Å². The van der Waals surface area contributed by atoms with Crippen molar-refractivity contribution in [2.45, 2.75) is 64.6 Å². The minimum Gasteiger partial charge on any atom is -0.486 e. The number of nitrogens with zero attached hydrogens (tertiary/aromatic N) is 3. The molecule has 0 aliphatic carbocycles. The van der Waals surface area contributed by atoms with E-state index in [1.165, 1.54) is 18.6 Å². The van der Waals surface area contributed by atoms with Gasteiger partial charge in [0.2, 0.25) is 0 Å². The van der Waals surface area contributed by atoms with Gasteiger partial charge in [0, 0.05) is 25.0 Å². The number of rotatable bonds is 5. The number of piperidine rings is 1. The van der Waals surface area contributed by atoms with Crippen molar-refractivity contribution in [3.8, 4) is 11.5 Å². The predicted molar refractivity (Wildman–Crippen MR) is 134 cm³/mol. The van der Waals surface area contributed by atoms with Crippen LogP contribution in [0.1, 0.15) is 45.7 Å². The maximum absolute atomic E-state index is 14.1. The molecule has 2 aliphatic rings. The van der Waals surface area contributed by atoms with Gasteiger partial charge in [0.1, 0.15) is 19.0 Å². The van der Waals surface area contributed by atoms with Gasteiger partial charge in [-0.25, -0.2) is 4.39 Å². The molecule has 0 amide bonds. The molecule has 0 spiro atoms. The summed E-state index contributed by atoms with van der Waals surface area (Å²) in [5.41, 5.74) is 1.55. The van der Waals surface area contributed by atoms with E-state index in [4.69, 9.17) is 14.5 Å². The second-order valence-electron chi connectivity index (χ2n) is 10.9. The summed E-state index contributed by atoms with van der Waals surface area (Å²) in [6, 6.07) is 10.4. The highest BCUT2D eigenvalue weighted by atomic mass is 19.1. The standard InChI is InChI=1S/C28H35FN3O3/c1-28(2,3)32(13-11-31-24-16-21(29)9-7-20(24)8-10-27(31)33)12-5-4-6-23(32)17-22-18-25-26(19-30-22)35-15-14-34-25/h7-10,16,18-19,23H,4-6,11-15,17H2,1-3H3/q+1. The predicted octanol–water partition coefficient (Wildman–Crippen LogP) is 4.72. The minimum atomic E-state index is -0.322. The summed E-state index contributed by atoms with van der Waals surface area (Å²) >= 11 is 0. The molecule has 2 aliphatic heterocycles. The zero-order valence-electron chi connectivity index (χ0n) is 20.9. The summed E-state index contributed by atoms with van der Waals surface area (Å²) < 4.78 is 28.2. The molecule has 2 atom stereocenters. The molecule has 4 heterocycles. The molecule has 1 fully saturated rings. The van der Waals surface area contributed by atoms with Gasteiger partial charge in [-0.05, 0) is 63.3 Å². The highest BCUT2D eigenvalue weighted by molar-refractivity contribution is 5.78. The quantitative estimate of drug-likeness (QED) is 0.496. The van der Waals surface area contributed by atoms with E-state index in [9.17, 15) is 9.18 Å². The Hall–Kier alpha value is -2.93. The lowest BCUT2D eigenvalue weighted by atomic mass is 9.86. The van der Waals surface area contributed by atoms with Crippen LogP contribution in [0, 0.1) is 5.82 Å². The third-order valence-corrected chi connectivity index (χ3v) is 7.99. The first-order chi connectivity index (χ1) is 16.8. The van der Waals surface area contributed by atoms with Crippen molar-refractivity contribution in [3.63, 3.8) is 0 Å². The largest absolute Gasteiger partial charge is 0.486 e. The summed E-state index contributed by atoms with van der Waals surface area (Å²) in [5.74, 6) is 1.16. The molecule has 0 bridgehead atoms. The highest BCUT2D eigenvalue weighted by Gasteiger charge is 2.47. The summed E-state index contributed by atoms with van der Waals surface area (Å²) in [6.07, 6.45) is 6.06. The zero-order valence-corrected chi connectivity index (χ0v) is 20.9. The van der Waals surface area contributed by atoms with Gasteiger partial charge in [-0.2, -0.15) is 0 Å². The first-order valence-electron chi connectivity index (χ1n) is 12.7. The van der Waals surface area contributed by atoms with E-state index in [0.29, 0.717) is 37.1 Å². The lowest BCUT2D eigenvalue weighted by Crippen LogP contribution is -2.68. The molecule has 0 N–H and O–H groups in total. The Balaban J connectivity index is 1.47. The third-order valence-electron chi connectivity index (χ3n) is 7.99. The second-order valence-corrected chi connectivity index (χ2v) is 10.9. The van der Waals surface area contributed by atoms with Crippen molar-refractivity contribution in [1.29, 1.82) is 0 Å². The maximum Gasteiger partial charge on any atom is 0.251 e. The van der Waals surface area contributed by atoms with Gasteiger partial charge in [0.25, 0.3) is 5.56 Å². The lowest BCUT2D eigenvalue weighted by molar-refractivity contribution is -0.996. The van der Waals surface area contributed by atoms with Crippen LogP contribution in [0.4, 0.5) is 4.39 Å². The highest BCUT2D eigenvalue weighted by Crippen LogP contribution is 2.38. The number of hydrogen-bond acceptors (Lipinski definition) is 4. The monoisotopic (exact) mass is 480 g/mol. The Labute approximate surface area is 205 Å². The van der Waals surface area contributed by atoms with Gasteiger partial charge in [-0.1, -0.05) is 0 Å². The first-order valence-corrected chi connectivity index (χ1v) is 12.7. The fourth-order valence-corrected chi connectivity index (χ4v) is 6.11. The fraction of sp³-hybridized carbons (Fsp3) is 0.500. The number of aromatic nitrogens is 2. The Morgan fingerprint density at radius 3 is 2.66 bits per heavy atom. The molecule has 3 aromatic rings. The van der Waals surface area contributed by atoms with Crippen molar-refractivity contribution < 1.29 is 18.3 Å².